The molecule has 29 heavy (non-hydrogen) atoms. The second-order valence-electron chi connectivity index (χ2n) is 7.50. The lowest BCUT2D eigenvalue weighted by molar-refractivity contribution is 0.0131. The fourth-order valence-electron chi connectivity index (χ4n) is 4.29. The van der Waals surface area contributed by atoms with Crippen LogP contribution < -0.4 is 4.90 Å². The van der Waals surface area contributed by atoms with Crippen LogP contribution in [0.4, 0.5) is 5.82 Å². The van der Waals surface area contributed by atoms with Gasteiger partial charge >= 0.3 is 0 Å². The van der Waals surface area contributed by atoms with Gasteiger partial charge in [-0.2, -0.15) is 0 Å². The average molecular weight is 403 g/mol. The molecule has 0 amide bonds. The molecule has 6 heteroatoms. The first-order chi connectivity index (χ1) is 14.2. The van der Waals surface area contributed by atoms with Crippen molar-refractivity contribution in [3.05, 3.63) is 66.7 Å². The first kappa shape index (κ1) is 18.3. The Hall–Kier alpha value is -2.70. The zero-order valence-electron chi connectivity index (χ0n) is 16.2. The molecule has 4 aromatic rings. The standard InChI is InChI=1S/C23H22N4OS/c1-29-17-5-6-21-19(13-17)22(26-15-25-21)27-11-8-23(28,9-12-27)20-4-2-3-16-14-24-10-7-18(16)20/h2-7,10,13-15,28H,8-9,11-12H2,1H3. The van der Waals surface area contributed by atoms with E-state index in [1.807, 2.05) is 30.5 Å². The van der Waals surface area contributed by atoms with Gasteiger partial charge in [-0.1, -0.05) is 18.2 Å². The van der Waals surface area contributed by atoms with Crippen molar-refractivity contribution in [2.75, 3.05) is 24.2 Å². The maximum absolute atomic E-state index is 11.5. The average Bonchev–Trinajstić information content (AvgIpc) is 2.78. The molecule has 0 aliphatic carbocycles. The van der Waals surface area contributed by atoms with Gasteiger partial charge in [-0.05, 0) is 54.3 Å². The maximum atomic E-state index is 11.5. The molecule has 2 aromatic heterocycles. The van der Waals surface area contributed by atoms with Crippen molar-refractivity contribution >= 4 is 39.3 Å². The summed E-state index contributed by atoms with van der Waals surface area (Å²) in [5.74, 6) is 0.954. The lowest BCUT2D eigenvalue weighted by Gasteiger charge is -2.39. The Morgan fingerprint density at radius 2 is 1.90 bits per heavy atom. The van der Waals surface area contributed by atoms with Crippen LogP contribution >= 0.6 is 11.8 Å². The van der Waals surface area contributed by atoms with Crippen molar-refractivity contribution in [2.24, 2.45) is 0 Å². The van der Waals surface area contributed by atoms with Crippen LogP contribution in [-0.2, 0) is 5.60 Å². The highest BCUT2D eigenvalue weighted by molar-refractivity contribution is 7.98. The van der Waals surface area contributed by atoms with Crippen LogP contribution in [-0.4, -0.2) is 39.4 Å². The monoisotopic (exact) mass is 402 g/mol. The third-order valence-corrected chi connectivity index (χ3v) is 6.62. The summed E-state index contributed by atoms with van der Waals surface area (Å²) >= 11 is 1.72. The smallest absolute Gasteiger partial charge is 0.139 e. The number of thioether (sulfide) groups is 1. The van der Waals surface area contributed by atoms with E-state index in [4.69, 9.17) is 0 Å². The van der Waals surface area contributed by atoms with Crippen molar-refractivity contribution < 1.29 is 5.11 Å². The highest BCUT2D eigenvalue weighted by Crippen LogP contribution is 2.38. The van der Waals surface area contributed by atoms with E-state index in [2.05, 4.69) is 44.3 Å². The Bertz CT molecular complexity index is 1180. The quantitative estimate of drug-likeness (QED) is 0.513. The van der Waals surface area contributed by atoms with E-state index in [0.717, 1.165) is 46.1 Å². The van der Waals surface area contributed by atoms with E-state index < -0.39 is 5.60 Å². The molecule has 5 nitrogen and oxygen atoms in total. The molecule has 0 atom stereocenters. The van der Waals surface area contributed by atoms with Crippen molar-refractivity contribution in [3.8, 4) is 0 Å². The number of nitrogens with zero attached hydrogens (tertiary/aromatic N) is 4. The highest BCUT2D eigenvalue weighted by atomic mass is 32.2. The molecule has 3 heterocycles. The van der Waals surface area contributed by atoms with Crippen LogP contribution in [0.2, 0.25) is 0 Å². The minimum atomic E-state index is -0.843. The third-order valence-electron chi connectivity index (χ3n) is 5.89. The van der Waals surface area contributed by atoms with Gasteiger partial charge < -0.3 is 10.0 Å². The molecule has 146 valence electrons. The molecular formula is C23H22N4OS. The number of pyridine rings is 1. The van der Waals surface area contributed by atoms with Crippen LogP contribution in [0.15, 0.2) is 66.1 Å². The first-order valence-corrected chi connectivity index (χ1v) is 11.0. The van der Waals surface area contributed by atoms with Gasteiger partial charge in [0, 0.05) is 41.2 Å². The van der Waals surface area contributed by atoms with E-state index in [-0.39, 0.29) is 0 Å². The minimum absolute atomic E-state index is 0.655. The summed E-state index contributed by atoms with van der Waals surface area (Å²) in [4.78, 5) is 16.7. The van der Waals surface area contributed by atoms with Gasteiger partial charge in [0.1, 0.15) is 12.1 Å². The van der Waals surface area contributed by atoms with Crippen molar-refractivity contribution in [1.29, 1.82) is 0 Å². The molecule has 1 N–H and O–H groups in total. The van der Waals surface area contributed by atoms with Crippen LogP contribution in [0.5, 0.6) is 0 Å². The molecule has 2 aromatic carbocycles. The Kier molecular flexibility index (Phi) is 4.60. The molecule has 1 aliphatic heterocycles. The van der Waals surface area contributed by atoms with E-state index >= 15 is 0 Å². The molecule has 0 radical (unpaired) electrons. The highest BCUT2D eigenvalue weighted by Gasteiger charge is 2.35. The number of piperidine rings is 1. The lowest BCUT2D eigenvalue weighted by atomic mass is 9.82. The molecule has 0 saturated carbocycles. The summed E-state index contributed by atoms with van der Waals surface area (Å²) in [6.07, 6.45) is 8.67. The summed E-state index contributed by atoms with van der Waals surface area (Å²) in [7, 11) is 0. The molecule has 1 saturated heterocycles. The topological polar surface area (TPSA) is 62.1 Å². The summed E-state index contributed by atoms with van der Waals surface area (Å²) in [5.41, 5.74) is 1.11. The Morgan fingerprint density at radius 1 is 1.03 bits per heavy atom. The number of benzene rings is 2. The second kappa shape index (κ2) is 7.28. The summed E-state index contributed by atoms with van der Waals surface area (Å²) in [6.45, 7) is 1.49. The Balaban J connectivity index is 1.47. The van der Waals surface area contributed by atoms with Crippen molar-refractivity contribution in [1.82, 2.24) is 15.0 Å². The number of hydrogen-bond acceptors (Lipinski definition) is 6. The normalized spacial score (nSPS) is 16.4. The number of aromatic nitrogens is 3. The van der Waals surface area contributed by atoms with Gasteiger partial charge in [-0.15, -0.1) is 11.8 Å². The van der Waals surface area contributed by atoms with Gasteiger partial charge in [-0.25, -0.2) is 9.97 Å². The molecule has 0 spiro atoms. The van der Waals surface area contributed by atoms with Gasteiger partial charge in [-0.3, -0.25) is 4.98 Å². The van der Waals surface area contributed by atoms with E-state index in [0.29, 0.717) is 12.8 Å². The molecular weight excluding hydrogens is 380 g/mol. The van der Waals surface area contributed by atoms with E-state index in [1.54, 1.807) is 24.3 Å². The van der Waals surface area contributed by atoms with Crippen LogP contribution in [0.3, 0.4) is 0 Å². The largest absolute Gasteiger partial charge is 0.385 e. The zero-order valence-corrected chi connectivity index (χ0v) is 17.1. The number of fused-ring (bicyclic) bond motifs is 2. The molecule has 0 unspecified atom stereocenters. The van der Waals surface area contributed by atoms with Crippen LogP contribution in [0, 0.1) is 0 Å². The molecule has 5 rings (SSSR count). The molecule has 1 fully saturated rings. The fourth-order valence-corrected chi connectivity index (χ4v) is 4.73. The summed E-state index contributed by atoms with van der Waals surface area (Å²) in [5, 5.41) is 14.7. The number of hydrogen-bond donors (Lipinski definition) is 1. The van der Waals surface area contributed by atoms with Crippen molar-refractivity contribution in [3.63, 3.8) is 0 Å². The molecule has 0 bridgehead atoms. The first-order valence-electron chi connectivity index (χ1n) is 9.77. The number of anilines is 1. The van der Waals surface area contributed by atoms with Crippen molar-refractivity contribution in [2.45, 2.75) is 23.3 Å². The second-order valence-corrected chi connectivity index (χ2v) is 8.38. The number of rotatable bonds is 3. The third kappa shape index (κ3) is 3.22. The maximum Gasteiger partial charge on any atom is 0.139 e. The predicted molar refractivity (Wildman–Crippen MR) is 118 cm³/mol. The Labute approximate surface area is 173 Å². The lowest BCUT2D eigenvalue weighted by Crippen LogP contribution is -2.43. The SMILES string of the molecule is CSc1ccc2ncnc(N3CCC(O)(c4cccc5cnccc45)CC3)c2c1. The van der Waals surface area contributed by atoms with Gasteiger partial charge in [0.05, 0.1) is 11.1 Å². The van der Waals surface area contributed by atoms with Gasteiger partial charge in [0.2, 0.25) is 0 Å². The number of aliphatic hydroxyl groups is 1. The summed E-state index contributed by atoms with van der Waals surface area (Å²) < 4.78 is 0. The molecule has 1 aliphatic rings. The fraction of sp³-hybridized carbons (Fsp3) is 0.261. The van der Waals surface area contributed by atoms with Gasteiger partial charge in [0.15, 0.2) is 0 Å². The van der Waals surface area contributed by atoms with Crippen LogP contribution in [0.1, 0.15) is 18.4 Å². The van der Waals surface area contributed by atoms with Gasteiger partial charge in [0.25, 0.3) is 0 Å². The Morgan fingerprint density at radius 3 is 2.72 bits per heavy atom. The predicted octanol–water partition coefficient (Wildman–Crippen LogP) is 4.39. The minimum Gasteiger partial charge on any atom is -0.385 e. The van der Waals surface area contributed by atoms with E-state index in [1.165, 1.54) is 4.90 Å². The van der Waals surface area contributed by atoms with Crippen LogP contribution in [0.25, 0.3) is 21.7 Å². The summed E-state index contributed by atoms with van der Waals surface area (Å²) in [6, 6.07) is 14.4. The van der Waals surface area contributed by atoms with E-state index in [9.17, 15) is 5.11 Å². The zero-order chi connectivity index (χ0) is 19.8.